The molecule has 0 unspecified atom stereocenters. The molecule has 0 heterocycles. The second-order valence-corrected chi connectivity index (χ2v) is 4.45. The van der Waals surface area contributed by atoms with Crippen LogP contribution in [0, 0.1) is 0 Å². The number of carbonyl (C=O) groups is 1. The molecule has 4 N–H and O–H groups in total. The third-order valence-corrected chi connectivity index (χ3v) is 1.74. The van der Waals surface area contributed by atoms with Crippen molar-refractivity contribution in [2.45, 2.75) is 51.9 Å². The largest absolute Gasteiger partial charge is 0.481 e. The molecule has 0 aromatic rings. The van der Waals surface area contributed by atoms with Gasteiger partial charge in [-0.15, -0.1) is 0 Å². The second kappa shape index (κ2) is 14.3. The van der Waals surface area contributed by atoms with Crippen molar-refractivity contribution < 1.29 is 48.6 Å². The summed E-state index contributed by atoms with van der Waals surface area (Å²) in [6, 6.07) is 0. The van der Waals surface area contributed by atoms with E-state index < -0.39 is 13.8 Å². The maximum absolute atomic E-state index is 10.1. The summed E-state index contributed by atoms with van der Waals surface area (Å²) in [7, 11) is -4.64. The van der Waals surface area contributed by atoms with Crippen LogP contribution in [0.5, 0.6) is 0 Å². The number of carboxylic acid groups (broad SMARTS) is 1. The van der Waals surface area contributed by atoms with Gasteiger partial charge in [0.1, 0.15) is 0 Å². The van der Waals surface area contributed by atoms with Gasteiger partial charge in [0.25, 0.3) is 0 Å². The van der Waals surface area contributed by atoms with Crippen LogP contribution in [0.2, 0.25) is 0 Å². The normalized spacial score (nSPS) is 9.88. The molecular formula is C9H21O6PZn. The summed E-state index contributed by atoms with van der Waals surface area (Å²) in [5.41, 5.74) is 0. The predicted molar refractivity (Wildman–Crippen MR) is 59.9 cm³/mol. The first-order valence-electron chi connectivity index (χ1n) is 5.27. The van der Waals surface area contributed by atoms with Crippen molar-refractivity contribution in [2.24, 2.45) is 0 Å². The Balaban J connectivity index is -0.000000280. The average Bonchev–Trinajstić information content (AvgIpc) is 2.08. The van der Waals surface area contributed by atoms with Gasteiger partial charge in [0, 0.05) is 25.9 Å². The van der Waals surface area contributed by atoms with Crippen molar-refractivity contribution >= 4 is 13.8 Å². The zero-order chi connectivity index (χ0) is 13.0. The van der Waals surface area contributed by atoms with Gasteiger partial charge in [-0.1, -0.05) is 39.0 Å². The molecule has 100 valence electrons. The van der Waals surface area contributed by atoms with Gasteiger partial charge in [-0.3, -0.25) is 4.79 Å². The number of hydrogen-bond acceptors (Lipinski definition) is 2. The monoisotopic (exact) mass is 320 g/mol. The molecule has 0 spiro atoms. The van der Waals surface area contributed by atoms with Gasteiger partial charge >= 0.3 is 13.8 Å². The molecule has 0 saturated carbocycles. The van der Waals surface area contributed by atoms with E-state index in [0.717, 1.165) is 12.8 Å². The van der Waals surface area contributed by atoms with Crippen molar-refractivity contribution in [3.05, 3.63) is 0 Å². The molecule has 0 aromatic heterocycles. The summed E-state index contributed by atoms with van der Waals surface area (Å²) in [4.78, 5) is 31.7. The molecular weight excluding hydrogens is 300 g/mol. The van der Waals surface area contributed by atoms with Gasteiger partial charge < -0.3 is 19.8 Å². The molecule has 0 radical (unpaired) electrons. The number of rotatable bonds is 7. The fraction of sp³-hybridized carbons (Fsp3) is 0.889. The summed E-state index contributed by atoms with van der Waals surface area (Å²) >= 11 is 0. The van der Waals surface area contributed by atoms with Crippen LogP contribution in [0.15, 0.2) is 0 Å². The van der Waals surface area contributed by atoms with E-state index in [4.69, 9.17) is 24.4 Å². The first-order chi connectivity index (χ1) is 7.27. The molecule has 0 aromatic carbocycles. The van der Waals surface area contributed by atoms with Crippen LogP contribution in [-0.4, -0.2) is 25.8 Å². The van der Waals surface area contributed by atoms with Crippen LogP contribution in [-0.2, 0) is 28.8 Å². The third kappa shape index (κ3) is 48.6. The number of carboxylic acids is 1. The van der Waals surface area contributed by atoms with E-state index in [1.165, 1.54) is 25.7 Å². The van der Waals surface area contributed by atoms with Gasteiger partial charge in [-0.25, -0.2) is 4.57 Å². The molecule has 0 saturated heterocycles. The van der Waals surface area contributed by atoms with Crippen LogP contribution in [0.4, 0.5) is 0 Å². The maximum Gasteiger partial charge on any atom is 0.466 e. The minimum absolute atomic E-state index is 0. The maximum atomic E-state index is 10.1. The standard InChI is InChI=1S/C9H18O2.H3O4P.Zn/c1-2-3-4-5-6-7-8-9(10)11;1-5(2,3)4;/h2-8H2,1H3,(H,10,11);(H3,1,2,3,4);. The fourth-order valence-electron chi connectivity index (χ4n) is 1.06. The molecule has 0 aliphatic heterocycles. The molecule has 0 bridgehead atoms. The average molecular weight is 322 g/mol. The van der Waals surface area contributed by atoms with Gasteiger partial charge in [0.05, 0.1) is 0 Å². The summed E-state index contributed by atoms with van der Waals surface area (Å²) in [5, 5.41) is 8.32. The predicted octanol–water partition coefficient (Wildman–Crippen LogP) is 1.89. The first-order valence-corrected chi connectivity index (χ1v) is 6.84. The first kappa shape index (κ1) is 22.4. The van der Waals surface area contributed by atoms with Gasteiger partial charge in [-0.05, 0) is 6.42 Å². The fourth-order valence-corrected chi connectivity index (χ4v) is 1.06. The van der Waals surface area contributed by atoms with Crippen LogP contribution in [0.1, 0.15) is 51.9 Å². The molecule has 17 heavy (non-hydrogen) atoms. The van der Waals surface area contributed by atoms with Crippen molar-refractivity contribution in [3.8, 4) is 0 Å². The van der Waals surface area contributed by atoms with E-state index in [1.54, 1.807) is 0 Å². The van der Waals surface area contributed by atoms with E-state index in [0.29, 0.717) is 6.42 Å². The smallest absolute Gasteiger partial charge is 0.466 e. The van der Waals surface area contributed by atoms with Gasteiger partial charge in [0.15, 0.2) is 0 Å². The van der Waals surface area contributed by atoms with Gasteiger partial charge in [0.2, 0.25) is 0 Å². The summed E-state index contributed by atoms with van der Waals surface area (Å²) in [6.07, 6.45) is 7.25. The Hall–Kier alpha value is 0.203. The molecule has 0 fully saturated rings. The SMILES string of the molecule is CCCCCCCCC(=O)O.O=P(O)(O)O.[Zn]. The molecule has 0 atom stereocenters. The number of unbranched alkanes of at least 4 members (excludes halogenated alkanes) is 5. The molecule has 0 rings (SSSR count). The van der Waals surface area contributed by atoms with Crippen molar-refractivity contribution in [3.63, 3.8) is 0 Å². The van der Waals surface area contributed by atoms with E-state index >= 15 is 0 Å². The van der Waals surface area contributed by atoms with Crippen LogP contribution in [0.3, 0.4) is 0 Å². The Bertz CT molecular complexity index is 209. The topological polar surface area (TPSA) is 115 Å². The van der Waals surface area contributed by atoms with Crippen LogP contribution >= 0.6 is 7.82 Å². The quantitative estimate of drug-likeness (QED) is 0.323. The minimum Gasteiger partial charge on any atom is -0.481 e. The van der Waals surface area contributed by atoms with Gasteiger partial charge in [-0.2, -0.15) is 0 Å². The summed E-state index contributed by atoms with van der Waals surface area (Å²) in [6.45, 7) is 2.18. The summed E-state index contributed by atoms with van der Waals surface area (Å²) in [5.74, 6) is -0.666. The Morgan fingerprint density at radius 1 is 1.00 bits per heavy atom. The Labute approximate surface area is 114 Å². The van der Waals surface area contributed by atoms with Crippen molar-refractivity contribution in [2.75, 3.05) is 0 Å². The summed E-state index contributed by atoms with van der Waals surface area (Å²) < 4.78 is 8.88. The van der Waals surface area contributed by atoms with Crippen molar-refractivity contribution in [1.29, 1.82) is 0 Å². The molecule has 6 nitrogen and oxygen atoms in total. The van der Waals surface area contributed by atoms with E-state index in [9.17, 15) is 4.79 Å². The van der Waals surface area contributed by atoms with Crippen LogP contribution in [0.25, 0.3) is 0 Å². The van der Waals surface area contributed by atoms with Crippen molar-refractivity contribution in [1.82, 2.24) is 0 Å². The zero-order valence-corrected chi connectivity index (χ0v) is 14.1. The number of phosphoric acid groups is 1. The zero-order valence-electron chi connectivity index (χ0n) is 10.2. The molecule has 0 aliphatic rings. The Morgan fingerprint density at radius 3 is 1.71 bits per heavy atom. The van der Waals surface area contributed by atoms with Crippen LogP contribution < -0.4 is 0 Å². The van der Waals surface area contributed by atoms with E-state index in [1.807, 2.05) is 0 Å². The third-order valence-electron chi connectivity index (χ3n) is 1.74. The minimum atomic E-state index is -4.64. The second-order valence-electron chi connectivity index (χ2n) is 3.42. The Morgan fingerprint density at radius 2 is 1.35 bits per heavy atom. The molecule has 8 heteroatoms. The molecule has 0 aliphatic carbocycles. The Kier molecular flexibility index (Phi) is 18.8. The number of hydrogen-bond donors (Lipinski definition) is 4. The molecule has 0 amide bonds. The number of aliphatic carboxylic acids is 1. The van der Waals surface area contributed by atoms with E-state index in [-0.39, 0.29) is 19.5 Å². The van der Waals surface area contributed by atoms with E-state index in [2.05, 4.69) is 6.92 Å².